The molecule has 0 radical (unpaired) electrons. The fourth-order valence-electron chi connectivity index (χ4n) is 2.97. The van der Waals surface area contributed by atoms with Gasteiger partial charge in [-0.2, -0.15) is 10.4 Å². The lowest BCUT2D eigenvalue weighted by Gasteiger charge is -2.40. The SMILES string of the molecule is COCC1CCN1C(=O)Nc1cc(C(C)(C)C)nn1-c1ccc(C#N)cc1. The van der Waals surface area contributed by atoms with Gasteiger partial charge in [-0.05, 0) is 30.7 Å². The fourth-order valence-corrected chi connectivity index (χ4v) is 2.97. The molecule has 0 bridgehead atoms. The topological polar surface area (TPSA) is 83.2 Å². The van der Waals surface area contributed by atoms with Crippen molar-refractivity contribution in [1.82, 2.24) is 14.7 Å². The summed E-state index contributed by atoms with van der Waals surface area (Å²) in [5, 5.41) is 16.7. The zero-order valence-electron chi connectivity index (χ0n) is 16.2. The van der Waals surface area contributed by atoms with E-state index in [1.54, 1.807) is 28.8 Å². The van der Waals surface area contributed by atoms with Crippen molar-refractivity contribution in [2.75, 3.05) is 25.6 Å². The number of ether oxygens (including phenoxy) is 1. The first-order valence-electron chi connectivity index (χ1n) is 9.01. The molecule has 1 aliphatic rings. The minimum atomic E-state index is -0.160. The van der Waals surface area contributed by atoms with Crippen LogP contribution in [-0.2, 0) is 10.2 Å². The van der Waals surface area contributed by atoms with Crippen molar-refractivity contribution in [2.24, 2.45) is 0 Å². The van der Waals surface area contributed by atoms with Crippen LogP contribution in [0.2, 0.25) is 0 Å². The van der Waals surface area contributed by atoms with Crippen LogP contribution in [0.1, 0.15) is 38.4 Å². The molecule has 1 atom stereocenters. The first kappa shape index (κ1) is 18.9. The molecule has 1 aromatic carbocycles. The Morgan fingerprint density at radius 1 is 1.37 bits per heavy atom. The summed E-state index contributed by atoms with van der Waals surface area (Å²) in [6.07, 6.45) is 0.948. The van der Waals surface area contributed by atoms with E-state index in [0.717, 1.165) is 24.3 Å². The summed E-state index contributed by atoms with van der Waals surface area (Å²) in [6, 6.07) is 11.1. The number of hydrogen-bond donors (Lipinski definition) is 1. The van der Waals surface area contributed by atoms with E-state index in [-0.39, 0.29) is 17.5 Å². The zero-order chi connectivity index (χ0) is 19.6. The van der Waals surface area contributed by atoms with Gasteiger partial charge in [-0.25, -0.2) is 9.48 Å². The van der Waals surface area contributed by atoms with Gasteiger partial charge in [-0.3, -0.25) is 5.32 Å². The molecular weight excluding hydrogens is 342 g/mol. The van der Waals surface area contributed by atoms with Gasteiger partial charge in [-0.1, -0.05) is 20.8 Å². The second-order valence-electron chi connectivity index (χ2n) is 7.76. The van der Waals surface area contributed by atoms with Crippen LogP contribution in [0, 0.1) is 11.3 Å². The van der Waals surface area contributed by atoms with Gasteiger partial charge in [0, 0.05) is 25.1 Å². The number of rotatable bonds is 4. The molecule has 2 aromatic rings. The lowest BCUT2D eigenvalue weighted by Crippen LogP contribution is -2.54. The van der Waals surface area contributed by atoms with Crippen molar-refractivity contribution < 1.29 is 9.53 Å². The van der Waals surface area contributed by atoms with Crippen LogP contribution in [0.25, 0.3) is 5.69 Å². The second kappa shape index (κ2) is 7.41. The maximum Gasteiger partial charge on any atom is 0.323 e. The van der Waals surface area contributed by atoms with Gasteiger partial charge in [0.2, 0.25) is 0 Å². The van der Waals surface area contributed by atoms with E-state index in [4.69, 9.17) is 15.1 Å². The summed E-state index contributed by atoms with van der Waals surface area (Å²) in [7, 11) is 1.64. The average molecular weight is 367 g/mol. The molecule has 0 spiro atoms. The molecule has 1 saturated heterocycles. The molecule has 27 heavy (non-hydrogen) atoms. The predicted molar refractivity (Wildman–Crippen MR) is 103 cm³/mol. The van der Waals surface area contributed by atoms with E-state index >= 15 is 0 Å². The molecule has 1 N–H and O–H groups in total. The van der Waals surface area contributed by atoms with Crippen molar-refractivity contribution >= 4 is 11.8 Å². The Bertz CT molecular complexity index is 858. The fraction of sp³-hybridized carbons (Fsp3) is 0.450. The summed E-state index contributed by atoms with van der Waals surface area (Å²) in [5.74, 6) is 0.609. The summed E-state index contributed by atoms with van der Waals surface area (Å²) in [4.78, 5) is 14.5. The third-order valence-electron chi connectivity index (χ3n) is 4.72. The number of hydrogen-bond acceptors (Lipinski definition) is 4. The number of methoxy groups -OCH3 is 1. The van der Waals surface area contributed by atoms with E-state index in [9.17, 15) is 4.79 Å². The number of urea groups is 1. The summed E-state index contributed by atoms with van der Waals surface area (Å²) in [5.41, 5.74) is 2.08. The minimum absolute atomic E-state index is 0.114. The van der Waals surface area contributed by atoms with Crippen molar-refractivity contribution in [2.45, 2.75) is 38.6 Å². The van der Waals surface area contributed by atoms with E-state index in [1.807, 2.05) is 18.2 Å². The van der Waals surface area contributed by atoms with Crippen LogP contribution >= 0.6 is 0 Å². The van der Waals surface area contributed by atoms with Crippen LogP contribution in [-0.4, -0.2) is 47.0 Å². The molecule has 1 aromatic heterocycles. The number of anilines is 1. The average Bonchev–Trinajstić information content (AvgIpc) is 3.02. The third kappa shape index (κ3) is 3.96. The highest BCUT2D eigenvalue weighted by Gasteiger charge is 2.33. The number of likely N-dealkylation sites (tertiary alicyclic amines) is 1. The van der Waals surface area contributed by atoms with Gasteiger partial charge in [0.15, 0.2) is 0 Å². The number of carbonyl (C=O) groups excluding carboxylic acids is 1. The van der Waals surface area contributed by atoms with Crippen molar-refractivity contribution in [1.29, 1.82) is 5.26 Å². The smallest absolute Gasteiger partial charge is 0.323 e. The second-order valence-corrected chi connectivity index (χ2v) is 7.76. The highest BCUT2D eigenvalue weighted by atomic mass is 16.5. The van der Waals surface area contributed by atoms with Crippen LogP contribution in [0.5, 0.6) is 0 Å². The zero-order valence-corrected chi connectivity index (χ0v) is 16.2. The Morgan fingerprint density at radius 2 is 2.07 bits per heavy atom. The molecule has 2 heterocycles. The maximum atomic E-state index is 12.7. The number of carbonyl (C=O) groups is 1. The number of benzene rings is 1. The third-order valence-corrected chi connectivity index (χ3v) is 4.72. The van der Waals surface area contributed by atoms with Crippen molar-refractivity contribution in [3.05, 3.63) is 41.6 Å². The van der Waals surface area contributed by atoms with E-state index in [2.05, 4.69) is 32.2 Å². The Balaban J connectivity index is 1.90. The molecule has 7 nitrogen and oxygen atoms in total. The van der Waals surface area contributed by atoms with Gasteiger partial charge in [0.1, 0.15) is 5.82 Å². The Morgan fingerprint density at radius 3 is 2.59 bits per heavy atom. The maximum absolute atomic E-state index is 12.7. The largest absolute Gasteiger partial charge is 0.383 e. The number of amides is 2. The summed E-state index contributed by atoms with van der Waals surface area (Å²) >= 11 is 0. The standard InChI is InChI=1S/C20H25N5O2/c1-20(2,3)17-11-18(22-19(26)24-10-9-16(24)13-27-4)25(23-17)15-7-5-14(12-21)6-8-15/h5-8,11,16H,9-10,13H2,1-4H3,(H,22,26). The Labute approximate surface area is 159 Å². The molecule has 142 valence electrons. The molecule has 1 fully saturated rings. The molecule has 1 aliphatic heterocycles. The van der Waals surface area contributed by atoms with E-state index in [0.29, 0.717) is 18.0 Å². The quantitative estimate of drug-likeness (QED) is 0.899. The predicted octanol–water partition coefficient (Wildman–Crippen LogP) is 3.29. The van der Waals surface area contributed by atoms with Crippen LogP contribution in [0.15, 0.2) is 30.3 Å². The molecule has 2 amide bonds. The molecular formula is C20H25N5O2. The monoisotopic (exact) mass is 367 g/mol. The number of nitrogens with zero attached hydrogens (tertiary/aromatic N) is 4. The molecule has 0 saturated carbocycles. The van der Waals surface area contributed by atoms with Gasteiger partial charge >= 0.3 is 6.03 Å². The van der Waals surface area contributed by atoms with Crippen LogP contribution in [0.4, 0.5) is 10.6 Å². The van der Waals surface area contributed by atoms with E-state index < -0.39 is 0 Å². The number of nitriles is 1. The number of aromatic nitrogens is 2. The molecule has 7 heteroatoms. The number of nitrogens with one attached hydrogen (secondary N) is 1. The summed E-state index contributed by atoms with van der Waals surface area (Å²) in [6.45, 7) is 7.49. The Hall–Kier alpha value is -2.85. The molecule has 3 rings (SSSR count). The van der Waals surface area contributed by atoms with E-state index in [1.165, 1.54) is 0 Å². The molecule has 0 aliphatic carbocycles. The van der Waals surface area contributed by atoms with Gasteiger partial charge in [-0.15, -0.1) is 0 Å². The van der Waals surface area contributed by atoms with Crippen molar-refractivity contribution in [3.63, 3.8) is 0 Å². The molecule has 1 unspecified atom stereocenters. The summed E-state index contributed by atoms with van der Waals surface area (Å²) < 4.78 is 6.89. The minimum Gasteiger partial charge on any atom is -0.383 e. The van der Waals surface area contributed by atoms with Crippen LogP contribution < -0.4 is 5.32 Å². The lowest BCUT2D eigenvalue weighted by atomic mass is 9.92. The first-order chi connectivity index (χ1) is 12.8. The lowest BCUT2D eigenvalue weighted by molar-refractivity contribution is 0.0545. The van der Waals surface area contributed by atoms with Crippen LogP contribution in [0.3, 0.4) is 0 Å². The van der Waals surface area contributed by atoms with Gasteiger partial charge in [0.25, 0.3) is 0 Å². The van der Waals surface area contributed by atoms with Gasteiger partial charge < -0.3 is 9.64 Å². The van der Waals surface area contributed by atoms with Gasteiger partial charge in [0.05, 0.1) is 35.7 Å². The Kier molecular flexibility index (Phi) is 5.19. The first-order valence-corrected chi connectivity index (χ1v) is 9.01. The highest BCUT2D eigenvalue weighted by molar-refractivity contribution is 5.89. The highest BCUT2D eigenvalue weighted by Crippen LogP contribution is 2.27. The normalized spacial score (nSPS) is 16.6. The van der Waals surface area contributed by atoms with Crippen molar-refractivity contribution in [3.8, 4) is 11.8 Å².